The van der Waals surface area contributed by atoms with Crippen molar-refractivity contribution in [3.63, 3.8) is 0 Å². The van der Waals surface area contributed by atoms with Crippen molar-refractivity contribution in [1.29, 1.82) is 0 Å². The van der Waals surface area contributed by atoms with Crippen molar-refractivity contribution in [2.75, 3.05) is 57.0 Å². The first-order valence-electron chi connectivity index (χ1n) is 10.4. The molecule has 0 saturated carbocycles. The number of carbonyl (C=O) groups is 1. The quantitative estimate of drug-likeness (QED) is 0.658. The van der Waals surface area contributed by atoms with Gasteiger partial charge in [-0.05, 0) is 25.5 Å². The molecule has 0 spiro atoms. The van der Waals surface area contributed by atoms with Gasteiger partial charge in [0, 0.05) is 45.0 Å². The van der Waals surface area contributed by atoms with Crippen molar-refractivity contribution in [2.45, 2.75) is 32.6 Å². The van der Waals surface area contributed by atoms with E-state index in [4.69, 9.17) is 9.47 Å². The summed E-state index contributed by atoms with van der Waals surface area (Å²) in [4.78, 5) is 14.6. The third kappa shape index (κ3) is 6.64. The smallest absolute Gasteiger partial charge is 0.319 e. The number of hydrogen-bond donors (Lipinski definition) is 2. The molecule has 2 aliphatic rings. The summed E-state index contributed by atoms with van der Waals surface area (Å²) in [5.41, 5.74) is 1.73. The van der Waals surface area contributed by atoms with E-state index in [1.54, 1.807) is 0 Å². The molecule has 1 aromatic rings. The van der Waals surface area contributed by atoms with Crippen molar-refractivity contribution in [3.05, 3.63) is 29.8 Å². The molecule has 0 radical (unpaired) electrons. The molecule has 2 fully saturated rings. The Labute approximate surface area is 178 Å². The lowest BCUT2D eigenvalue weighted by molar-refractivity contribution is -0.0440. The summed E-state index contributed by atoms with van der Waals surface area (Å²) >= 11 is 0. The van der Waals surface area contributed by atoms with Crippen LogP contribution >= 0.6 is 0 Å². The van der Waals surface area contributed by atoms with Gasteiger partial charge in [-0.1, -0.05) is 18.2 Å². The molecule has 1 aromatic carbocycles. The Morgan fingerprint density at radius 1 is 1.13 bits per heavy atom. The van der Waals surface area contributed by atoms with Gasteiger partial charge >= 0.3 is 6.03 Å². The number of ether oxygens (including phenoxy) is 2. The van der Waals surface area contributed by atoms with Gasteiger partial charge < -0.3 is 20.1 Å². The molecule has 10 heteroatoms. The van der Waals surface area contributed by atoms with Gasteiger partial charge in [0.25, 0.3) is 0 Å². The van der Waals surface area contributed by atoms with Crippen molar-refractivity contribution in [3.8, 4) is 0 Å². The van der Waals surface area contributed by atoms with E-state index in [9.17, 15) is 13.2 Å². The van der Waals surface area contributed by atoms with Gasteiger partial charge in [-0.2, -0.15) is 4.31 Å². The largest absolute Gasteiger partial charge is 0.379 e. The Morgan fingerprint density at radius 2 is 1.80 bits per heavy atom. The average molecular weight is 441 g/mol. The highest BCUT2D eigenvalue weighted by Gasteiger charge is 2.30. The van der Waals surface area contributed by atoms with Crippen molar-refractivity contribution in [2.24, 2.45) is 0 Å². The first-order chi connectivity index (χ1) is 14.3. The number of carbonyl (C=O) groups excluding carboxylic acids is 1. The molecule has 2 atom stereocenters. The predicted molar refractivity (Wildman–Crippen MR) is 115 cm³/mol. The second-order valence-electron chi connectivity index (χ2n) is 7.82. The first kappa shape index (κ1) is 23.0. The predicted octanol–water partition coefficient (Wildman–Crippen LogP) is 1.08. The number of benzene rings is 1. The Bertz CT molecular complexity index is 803. The highest BCUT2D eigenvalue weighted by molar-refractivity contribution is 7.89. The lowest BCUT2D eigenvalue weighted by Gasteiger charge is -2.34. The minimum atomic E-state index is -3.45. The molecule has 3 rings (SSSR count). The van der Waals surface area contributed by atoms with Crippen LogP contribution in [-0.4, -0.2) is 87.6 Å². The van der Waals surface area contributed by atoms with Crippen LogP contribution in [0.5, 0.6) is 0 Å². The molecule has 0 unspecified atom stereocenters. The zero-order valence-corrected chi connectivity index (χ0v) is 18.5. The van der Waals surface area contributed by atoms with Crippen LogP contribution in [0, 0.1) is 0 Å². The fourth-order valence-corrected chi connectivity index (χ4v) is 5.22. The number of rotatable bonds is 7. The van der Waals surface area contributed by atoms with Crippen LogP contribution in [0.25, 0.3) is 0 Å². The first-order valence-corrected chi connectivity index (χ1v) is 12.0. The van der Waals surface area contributed by atoms with Crippen LogP contribution in [0.1, 0.15) is 19.4 Å². The number of hydrogen-bond acceptors (Lipinski definition) is 6. The summed E-state index contributed by atoms with van der Waals surface area (Å²) in [5.74, 6) is -0.144. The van der Waals surface area contributed by atoms with Gasteiger partial charge in [0.05, 0.1) is 31.2 Å². The van der Waals surface area contributed by atoms with Gasteiger partial charge in [0.2, 0.25) is 10.0 Å². The third-order valence-corrected chi connectivity index (χ3v) is 6.99. The zero-order chi connectivity index (χ0) is 21.6. The lowest BCUT2D eigenvalue weighted by atomic mass is 10.1. The molecule has 2 saturated heterocycles. The molecule has 2 aliphatic heterocycles. The van der Waals surface area contributed by atoms with Crippen LogP contribution in [0.2, 0.25) is 0 Å². The van der Waals surface area contributed by atoms with E-state index >= 15 is 0 Å². The monoisotopic (exact) mass is 440 g/mol. The minimum Gasteiger partial charge on any atom is -0.379 e. The maximum Gasteiger partial charge on any atom is 0.319 e. The maximum atomic E-state index is 12.6. The average Bonchev–Trinajstić information content (AvgIpc) is 2.69. The number of nitrogens with zero attached hydrogens (tertiary/aromatic N) is 2. The second-order valence-corrected chi connectivity index (χ2v) is 9.91. The van der Waals surface area contributed by atoms with Crippen LogP contribution in [0.4, 0.5) is 10.5 Å². The van der Waals surface area contributed by atoms with Crippen LogP contribution in [-0.2, 0) is 26.0 Å². The van der Waals surface area contributed by atoms with Gasteiger partial charge in [-0.15, -0.1) is 0 Å². The Morgan fingerprint density at radius 3 is 2.50 bits per heavy atom. The maximum absolute atomic E-state index is 12.6. The number of anilines is 1. The highest BCUT2D eigenvalue weighted by Crippen LogP contribution is 2.18. The van der Waals surface area contributed by atoms with Gasteiger partial charge in [0.1, 0.15) is 0 Å². The fraction of sp³-hybridized carbons (Fsp3) is 0.650. The number of sulfonamides is 1. The van der Waals surface area contributed by atoms with Gasteiger partial charge in [0.15, 0.2) is 0 Å². The molecule has 2 heterocycles. The highest BCUT2D eigenvalue weighted by atomic mass is 32.2. The van der Waals surface area contributed by atoms with Crippen LogP contribution in [0.3, 0.4) is 0 Å². The molecular weight excluding hydrogens is 408 g/mol. The molecule has 2 N–H and O–H groups in total. The number of para-hydroxylation sites is 1. The van der Waals surface area contributed by atoms with E-state index in [1.165, 1.54) is 4.31 Å². The molecular formula is C20H32N4O5S. The second kappa shape index (κ2) is 10.5. The molecule has 0 aliphatic carbocycles. The van der Waals surface area contributed by atoms with E-state index in [2.05, 4.69) is 15.5 Å². The van der Waals surface area contributed by atoms with E-state index < -0.39 is 16.1 Å². The van der Waals surface area contributed by atoms with E-state index in [0.29, 0.717) is 26.3 Å². The van der Waals surface area contributed by atoms with Crippen molar-refractivity contribution in [1.82, 2.24) is 14.5 Å². The standard InChI is InChI=1S/C20H32N4O5S/c1-16-13-24(14-17(2)29-16)30(26,27)12-7-21-20(25)22-19-6-4-3-5-18(19)15-23-8-10-28-11-9-23/h3-6,16-17H,7-15H2,1-2H3,(H2,21,22,25)/t16-,17+. The summed E-state index contributed by atoms with van der Waals surface area (Å²) in [6, 6.07) is 7.22. The number of morpholine rings is 2. The summed E-state index contributed by atoms with van der Waals surface area (Å²) in [5, 5.41) is 5.50. The number of nitrogens with one attached hydrogen (secondary N) is 2. The zero-order valence-electron chi connectivity index (χ0n) is 17.7. The Balaban J connectivity index is 1.49. The normalized spacial score (nSPS) is 23.8. The van der Waals surface area contributed by atoms with Crippen LogP contribution < -0.4 is 10.6 Å². The lowest BCUT2D eigenvalue weighted by Crippen LogP contribution is -2.49. The summed E-state index contributed by atoms with van der Waals surface area (Å²) in [6.45, 7) is 8.31. The molecule has 2 amide bonds. The van der Waals surface area contributed by atoms with Gasteiger partial charge in [-0.25, -0.2) is 13.2 Å². The molecule has 9 nitrogen and oxygen atoms in total. The Hall–Kier alpha value is -1.72. The summed E-state index contributed by atoms with van der Waals surface area (Å²) in [7, 11) is -3.45. The molecule has 30 heavy (non-hydrogen) atoms. The van der Waals surface area contributed by atoms with Gasteiger partial charge in [-0.3, -0.25) is 4.90 Å². The van der Waals surface area contributed by atoms with E-state index in [0.717, 1.165) is 30.9 Å². The molecule has 0 aromatic heterocycles. The van der Waals surface area contributed by atoms with Crippen molar-refractivity contribution < 1.29 is 22.7 Å². The summed E-state index contributed by atoms with van der Waals surface area (Å²) < 4.78 is 37.6. The van der Waals surface area contributed by atoms with Crippen LogP contribution in [0.15, 0.2) is 24.3 Å². The number of amides is 2. The minimum absolute atomic E-state index is 0.0416. The summed E-state index contributed by atoms with van der Waals surface area (Å²) in [6.07, 6.45) is -0.273. The molecule has 168 valence electrons. The number of urea groups is 1. The van der Waals surface area contributed by atoms with Crippen molar-refractivity contribution >= 4 is 21.7 Å². The third-order valence-electron chi connectivity index (χ3n) is 5.19. The fourth-order valence-electron chi connectivity index (χ4n) is 3.73. The Kier molecular flexibility index (Phi) is 8.06. The topological polar surface area (TPSA) is 100 Å². The SMILES string of the molecule is C[C@@H]1CN(S(=O)(=O)CCNC(=O)Nc2ccccc2CN2CCOCC2)C[C@H](C)O1. The molecule has 0 bridgehead atoms. The van der Waals surface area contributed by atoms with E-state index in [1.807, 2.05) is 38.1 Å². The van der Waals surface area contributed by atoms with E-state index in [-0.39, 0.29) is 24.5 Å².